The van der Waals surface area contributed by atoms with Gasteiger partial charge in [-0.2, -0.15) is 17.5 Å². The van der Waals surface area contributed by atoms with Crippen LogP contribution in [0.5, 0.6) is 0 Å². The average molecular weight is 236 g/mol. The first kappa shape index (κ1) is 14.2. The Bertz CT molecular complexity index is 279. The Morgan fingerprint density at radius 3 is 2.25 bits per heavy atom. The largest absolute Gasteiger partial charge is 3.00 e. The quantitative estimate of drug-likeness (QED) is 0.615. The van der Waals surface area contributed by atoms with Crippen molar-refractivity contribution in [2.75, 3.05) is 0 Å². The minimum Gasteiger partial charge on any atom is -0.358 e. The van der Waals surface area contributed by atoms with Crippen LogP contribution < -0.4 is 0 Å². The molecule has 1 radical (unpaired) electrons. The first-order chi connectivity index (χ1) is 4.47. The predicted octanol–water partition coefficient (Wildman–Crippen LogP) is 3.46. The molecule has 2 rings (SSSR count). The molecule has 0 unspecified atom stereocenters. The molecule has 0 fully saturated rings. The number of rotatable bonds is 0. The van der Waals surface area contributed by atoms with Crippen LogP contribution in [-0.4, -0.2) is 0 Å². The van der Waals surface area contributed by atoms with Crippen molar-refractivity contribution in [3.8, 4) is 0 Å². The molecule has 0 saturated carbocycles. The third-order valence-electron chi connectivity index (χ3n) is 1.55. The van der Waals surface area contributed by atoms with Crippen molar-refractivity contribution in [1.82, 2.24) is 0 Å². The minimum atomic E-state index is 0. The van der Waals surface area contributed by atoms with Crippen LogP contribution in [0, 0.1) is 14.9 Å². The molecule has 2 aromatic carbocycles. The van der Waals surface area contributed by atoms with Gasteiger partial charge >= 0.3 is 26.2 Å². The molecule has 1 heteroatoms. The van der Waals surface area contributed by atoms with Gasteiger partial charge in [-0.25, -0.2) is 0 Å². The molecule has 0 aliphatic heterocycles. The summed E-state index contributed by atoms with van der Waals surface area (Å²) < 4.78 is 0. The third kappa shape index (κ3) is 2.64. The molecule has 0 spiro atoms. The molecular formula is C11H13Zr. The van der Waals surface area contributed by atoms with E-state index in [-0.39, 0.29) is 41.1 Å². The summed E-state index contributed by atoms with van der Waals surface area (Å²) in [6.07, 6.45) is 0. The summed E-state index contributed by atoms with van der Waals surface area (Å²) in [4.78, 5) is 0. The van der Waals surface area contributed by atoms with Gasteiger partial charge < -0.3 is 14.9 Å². The molecule has 0 N–H and O–H groups in total. The molecule has 0 atom stereocenters. The number of fused-ring (bicyclic) bond motifs is 1. The maximum absolute atomic E-state index is 2.12. The maximum Gasteiger partial charge on any atom is 3.00 e. The second-order valence-electron chi connectivity index (χ2n) is 2.15. The second-order valence-corrected chi connectivity index (χ2v) is 2.15. The van der Waals surface area contributed by atoms with Crippen molar-refractivity contribution >= 4 is 10.8 Å². The molecule has 12 heavy (non-hydrogen) atoms. The number of benzene rings is 1. The Morgan fingerprint density at radius 2 is 1.58 bits per heavy atom. The molecule has 61 valence electrons. The Kier molecular flexibility index (Phi) is 7.43. The summed E-state index contributed by atoms with van der Waals surface area (Å²) in [5, 5.41) is 2.66. The molecule has 0 aliphatic rings. The van der Waals surface area contributed by atoms with Crippen molar-refractivity contribution < 1.29 is 26.2 Å². The molecule has 0 bridgehead atoms. The van der Waals surface area contributed by atoms with Gasteiger partial charge in [0.25, 0.3) is 0 Å². The minimum absolute atomic E-state index is 0. The van der Waals surface area contributed by atoms with Crippen molar-refractivity contribution in [2.24, 2.45) is 0 Å². The van der Waals surface area contributed by atoms with Crippen LogP contribution in [0.4, 0.5) is 0 Å². The standard InChI is InChI=1S/C9H7.2CH3.Zr/c1-2-5-9-7-3-6-8(9)4-1;;;/h1-7H;2*1H3;/q3*-1;+3. The average Bonchev–Trinajstić information content (AvgIpc) is 2.33. The smallest absolute Gasteiger partial charge is 0.358 e. The van der Waals surface area contributed by atoms with Gasteiger partial charge in [0.2, 0.25) is 0 Å². The first-order valence-electron chi connectivity index (χ1n) is 3.07. The summed E-state index contributed by atoms with van der Waals surface area (Å²) in [6.45, 7) is 0. The van der Waals surface area contributed by atoms with Gasteiger partial charge in [-0.05, 0) is 0 Å². The molecule has 0 heterocycles. The zero-order valence-corrected chi connectivity index (χ0v) is 10.00. The SMILES string of the molecule is [CH3-].[CH3-].[Zr+3].c1ccc2[cH-]ccc2c1. The zero-order chi connectivity index (χ0) is 6.10. The van der Waals surface area contributed by atoms with Gasteiger partial charge in [0.1, 0.15) is 0 Å². The van der Waals surface area contributed by atoms with Gasteiger partial charge in [-0.3, -0.25) is 0 Å². The predicted molar refractivity (Wildman–Crippen MR) is 52.4 cm³/mol. The molecule has 0 aromatic heterocycles. The van der Waals surface area contributed by atoms with Crippen molar-refractivity contribution in [3.63, 3.8) is 0 Å². The topological polar surface area (TPSA) is 0 Å². The zero-order valence-electron chi connectivity index (χ0n) is 7.54. The van der Waals surface area contributed by atoms with E-state index >= 15 is 0 Å². The van der Waals surface area contributed by atoms with Crippen LogP contribution in [0.25, 0.3) is 10.8 Å². The van der Waals surface area contributed by atoms with E-state index in [1.165, 1.54) is 10.8 Å². The maximum atomic E-state index is 2.12. The van der Waals surface area contributed by atoms with E-state index in [4.69, 9.17) is 0 Å². The Balaban J connectivity index is 0. The van der Waals surface area contributed by atoms with Gasteiger partial charge in [0.05, 0.1) is 0 Å². The van der Waals surface area contributed by atoms with Crippen LogP contribution in [0.15, 0.2) is 42.5 Å². The summed E-state index contributed by atoms with van der Waals surface area (Å²) in [5.41, 5.74) is 0. The van der Waals surface area contributed by atoms with Crippen molar-refractivity contribution in [1.29, 1.82) is 0 Å². The number of hydrogen-bond acceptors (Lipinski definition) is 0. The van der Waals surface area contributed by atoms with Crippen molar-refractivity contribution in [3.05, 3.63) is 57.3 Å². The van der Waals surface area contributed by atoms with Crippen LogP contribution in [0.2, 0.25) is 0 Å². The second kappa shape index (κ2) is 6.25. The molecule has 0 saturated heterocycles. The molecule has 2 aromatic rings. The summed E-state index contributed by atoms with van der Waals surface area (Å²) >= 11 is 0. The summed E-state index contributed by atoms with van der Waals surface area (Å²) in [6, 6.07) is 14.7. The normalized spacial score (nSPS) is 7.67. The third-order valence-corrected chi connectivity index (χ3v) is 1.55. The monoisotopic (exact) mass is 235 g/mol. The fourth-order valence-corrected chi connectivity index (χ4v) is 1.07. The van der Waals surface area contributed by atoms with Gasteiger partial charge in [0.15, 0.2) is 0 Å². The fraction of sp³-hybridized carbons (Fsp3) is 0. The van der Waals surface area contributed by atoms with E-state index in [0.717, 1.165) is 0 Å². The molecule has 0 aliphatic carbocycles. The Morgan fingerprint density at radius 1 is 0.917 bits per heavy atom. The fourth-order valence-electron chi connectivity index (χ4n) is 1.07. The summed E-state index contributed by atoms with van der Waals surface area (Å²) in [7, 11) is 0. The van der Waals surface area contributed by atoms with E-state index in [1.807, 2.05) is 0 Å². The molecular weight excluding hydrogens is 223 g/mol. The Labute approximate surface area is 94.1 Å². The number of hydrogen-bond donors (Lipinski definition) is 0. The van der Waals surface area contributed by atoms with E-state index in [9.17, 15) is 0 Å². The van der Waals surface area contributed by atoms with Crippen LogP contribution >= 0.6 is 0 Å². The summed E-state index contributed by atoms with van der Waals surface area (Å²) in [5.74, 6) is 0. The Hall–Kier alpha value is -0.287. The van der Waals surface area contributed by atoms with Crippen LogP contribution in [-0.2, 0) is 26.2 Å². The van der Waals surface area contributed by atoms with E-state index in [1.54, 1.807) is 0 Å². The van der Waals surface area contributed by atoms with E-state index in [0.29, 0.717) is 0 Å². The van der Waals surface area contributed by atoms with Crippen LogP contribution in [0.1, 0.15) is 0 Å². The van der Waals surface area contributed by atoms with Gasteiger partial charge in [0, 0.05) is 0 Å². The molecule has 0 amide bonds. The van der Waals surface area contributed by atoms with Gasteiger partial charge in [-0.1, -0.05) is 6.07 Å². The van der Waals surface area contributed by atoms with Gasteiger partial charge in [-0.15, -0.1) is 29.7 Å². The van der Waals surface area contributed by atoms with Crippen molar-refractivity contribution in [2.45, 2.75) is 0 Å². The van der Waals surface area contributed by atoms with E-state index < -0.39 is 0 Å². The van der Waals surface area contributed by atoms with E-state index in [2.05, 4.69) is 42.5 Å². The molecule has 0 nitrogen and oxygen atoms in total. The van der Waals surface area contributed by atoms with Crippen LogP contribution in [0.3, 0.4) is 0 Å². The first-order valence-corrected chi connectivity index (χ1v) is 3.07.